The first kappa shape index (κ1) is 15.4. The molecule has 0 aliphatic heterocycles. The lowest BCUT2D eigenvalue weighted by Gasteiger charge is -2.21. The summed E-state index contributed by atoms with van der Waals surface area (Å²) in [6.07, 6.45) is 5.11. The van der Waals surface area contributed by atoms with Gasteiger partial charge < -0.3 is 0 Å². The summed E-state index contributed by atoms with van der Waals surface area (Å²) < 4.78 is 3.88. The topological polar surface area (TPSA) is 61.4 Å². The molecule has 0 bridgehead atoms. The summed E-state index contributed by atoms with van der Waals surface area (Å²) in [7, 11) is 0. The van der Waals surface area contributed by atoms with Gasteiger partial charge in [0.25, 0.3) is 0 Å². The lowest BCUT2D eigenvalue weighted by atomic mass is 10.1. The Kier molecular flexibility index (Phi) is 4.23. The summed E-state index contributed by atoms with van der Waals surface area (Å²) in [6, 6.07) is 10.1. The maximum atomic E-state index is 4.77. The van der Waals surface area contributed by atoms with Crippen molar-refractivity contribution in [3.63, 3.8) is 0 Å². The van der Waals surface area contributed by atoms with Gasteiger partial charge in [-0.1, -0.05) is 30.3 Å². The molecule has 2 heterocycles. The van der Waals surface area contributed by atoms with Crippen LogP contribution < -0.4 is 0 Å². The zero-order chi connectivity index (χ0) is 16.3. The Hall–Kier alpha value is -2.50. The van der Waals surface area contributed by atoms with E-state index in [1.165, 1.54) is 0 Å². The van der Waals surface area contributed by atoms with Gasteiger partial charge >= 0.3 is 0 Å². The summed E-state index contributed by atoms with van der Waals surface area (Å²) in [4.78, 5) is 8.74. The molecule has 1 aromatic carbocycles. The van der Waals surface area contributed by atoms with E-state index in [1.54, 1.807) is 12.7 Å². The van der Waals surface area contributed by atoms with Gasteiger partial charge in [0, 0.05) is 18.5 Å². The third-order valence-corrected chi connectivity index (χ3v) is 3.60. The molecule has 0 saturated heterocycles. The molecule has 0 saturated carbocycles. The van der Waals surface area contributed by atoms with Gasteiger partial charge in [-0.15, -0.1) is 0 Å². The number of benzene rings is 1. The molecule has 0 unspecified atom stereocenters. The Morgan fingerprint density at radius 2 is 1.87 bits per heavy atom. The molecule has 0 fully saturated rings. The van der Waals surface area contributed by atoms with Gasteiger partial charge in [-0.2, -0.15) is 10.2 Å². The average molecular weight is 310 g/mol. The molecule has 0 aliphatic carbocycles. The van der Waals surface area contributed by atoms with Crippen LogP contribution in [0.4, 0.5) is 0 Å². The van der Waals surface area contributed by atoms with E-state index in [1.807, 2.05) is 39.7 Å². The largest absolute Gasteiger partial charge is 0.253 e. The molecule has 0 atom stereocenters. The summed E-state index contributed by atoms with van der Waals surface area (Å²) in [5.41, 5.74) is 0.954. The van der Waals surface area contributed by atoms with Gasteiger partial charge in [-0.05, 0) is 27.2 Å². The van der Waals surface area contributed by atoms with Gasteiger partial charge in [0.15, 0.2) is 5.82 Å². The Bertz CT molecular complexity index is 737. The van der Waals surface area contributed by atoms with Crippen molar-refractivity contribution in [1.82, 2.24) is 29.5 Å². The minimum Gasteiger partial charge on any atom is -0.253 e. The number of nitrogens with zero attached hydrogens (tertiary/aromatic N) is 6. The molecule has 120 valence electrons. The molecule has 3 aromatic rings. The normalized spacial score (nSPS) is 11.8. The Balaban J connectivity index is 1.81. The van der Waals surface area contributed by atoms with Crippen LogP contribution >= 0.6 is 0 Å². The van der Waals surface area contributed by atoms with Crippen LogP contribution in [0.2, 0.25) is 0 Å². The lowest BCUT2D eigenvalue weighted by molar-refractivity contribution is 0.339. The van der Waals surface area contributed by atoms with E-state index in [4.69, 9.17) is 10.1 Å². The van der Waals surface area contributed by atoms with E-state index in [0.29, 0.717) is 0 Å². The molecule has 2 aromatic heterocycles. The maximum Gasteiger partial charge on any atom is 0.181 e. The van der Waals surface area contributed by atoms with E-state index in [9.17, 15) is 0 Å². The fourth-order valence-corrected chi connectivity index (χ4v) is 2.50. The summed E-state index contributed by atoms with van der Waals surface area (Å²) in [6.45, 7) is 7.28. The van der Waals surface area contributed by atoms with Crippen LogP contribution in [0.3, 0.4) is 0 Å². The van der Waals surface area contributed by atoms with Gasteiger partial charge in [0.1, 0.15) is 18.5 Å². The first-order valence-corrected chi connectivity index (χ1v) is 7.88. The maximum absolute atomic E-state index is 4.77. The van der Waals surface area contributed by atoms with Crippen LogP contribution in [0.25, 0.3) is 11.4 Å². The molecule has 0 N–H and O–H groups in total. The number of aromatic nitrogens is 6. The standard InChI is InChI=1S/C17H22N6/c1-17(2,3)23-15(10-7-11-22-13-18-12-19-22)20-16(21-23)14-8-5-4-6-9-14/h4-6,8-9,12-13H,7,10-11H2,1-3H3. The van der Waals surface area contributed by atoms with Crippen LogP contribution in [0.15, 0.2) is 43.0 Å². The van der Waals surface area contributed by atoms with Gasteiger partial charge in [-0.25, -0.2) is 14.6 Å². The van der Waals surface area contributed by atoms with Crippen molar-refractivity contribution in [3.05, 3.63) is 48.8 Å². The molecule has 3 rings (SSSR count). The quantitative estimate of drug-likeness (QED) is 0.727. The summed E-state index contributed by atoms with van der Waals surface area (Å²) >= 11 is 0. The van der Waals surface area contributed by atoms with Crippen molar-refractivity contribution in [1.29, 1.82) is 0 Å². The van der Waals surface area contributed by atoms with Gasteiger partial charge in [0.2, 0.25) is 0 Å². The van der Waals surface area contributed by atoms with Crippen molar-refractivity contribution in [2.45, 2.75) is 45.7 Å². The van der Waals surface area contributed by atoms with E-state index in [0.717, 1.165) is 36.6 Å². The zero-order valence-electron chi connectivity index (χ0n) is 13.8. The molecule has 0 aliphatic rings. The van der Waals surface area contributed by atoms with Crippen molar-refractivity contribution in [2.24, 2.45) is 0 Å². The van der Waals surface area contributed by atoms with Crippen LogP contribution in [-0.2, 0) is 18.5 Å². The van der Waals surface area contributed by atoms with Crippen LogP contribution in [-0.4, -0.2) is 29.5 Å². The van der Waals surface area contributed by atoms with Crippen molar-refractivity contribution in [2.75, 3.05) is 0 Å². The monoisotopic (exact) mass is 310 g/mol. The smallest absolute Gasteiger partial charge is 0.181 e. The van der Waals surface area contributed by atoms with E-state index in [2.05, 4.69) is 30.9 Å². The molecular weight excluding hydrogens is 288 g/mol. The molecule has 0 amide bonds. The summed E-state index contributed by atoms with van der Waals surface area (Å²) in [5, 5.41) is 8.87. The second-order valence-corrected chi connectivity index (χ2v) is 6.56. The Labute approximate surface area is 136 Å². The Morgan fingerprint density at radius 1 is 1.09 bits per heavy atom. The minimum absolute atomic E-state index is 0.0946. The molecule has 23 heavy (non-hydrogen) atoms. The first-order chi connectivity index (χ1) is 11.0. The molecule has 6 heteroatoms. The van der Waals surface area contributed by atoms with Gasteiger partial charge in [-0.3, -0.25) is 4.68 Å². The van der Waals surface area contributed by atoms with Crippen LogP contribution in [0.1, 0.15) is 33.0 Å². The third-order valence-electron chi connectivity index (χ3n) is 3.60. The third kappa shape index (κ3) is 3.64. The Morgan fingerprint density at radius 3 is 2.52 bits per heavy atom. The van der Waals surface area contributed by atoms with Crippen molar-refractivity contribution < 1.29 is 0 Å². The highest BCUT2D eigenvalue weighted by molar-refractivity contribution is 5.54. The fourth-order valence-electron chi connectivity index (χ4n) is 2.50. The molecule has 6 nitrogen and oxygen atoms in total. The van der Waals surface area contributed by atoms with E-state index < -0.39 is 0 Å². The number of hydrogen-bond acceptors (Lipinski definition) is 4. The van der Waals surface area contributed by atoms with E-state index in [-0.39, 0.29) is 5.54 Å². The van der Waals surface area contributed by atoms with Crippen LogP contribution in [0, 0.1) is 0 Å². The predicted octanol–water partition coefficient (Wildman–Crippen LogP) is 2.92. The highest BCUT2D eigenvalue weighted by atomic mass is 15.4. The number of aryl methyl sites for hydroxylation is 2. The first-order valence-electron chi connectivity index (χ1n) is 7.88. The van der Waals surface area contributed by atoms with Crippen molar-refractivity contribution >= 4 is 0 Å². The second-order valence-electron chi connectivity index (χ2n) is 6.56. The average Bonchev–Trinajstić information content (AvgIpc) is 3.17. The zero-order valence-corrected chi connectivity index (χ0v) is 13.8. The highest BCUT2D eigenvalue weighted by Crippen LogP contribution is 2.21. The predicted molar refractivity (Wildman–Crippen MR) is 88.8 cm³/mol. The molecule has 0 radical (unpaired) electrons. The number of rotatable bonds is 5. The van der Waals surface area contributed by atoms with Crippen molar-refractivity contribution in [3.8, 4) is 11.4 Å². The number of hydrogen-bond donors (Lipinski definition) is 0. The molecule has 0 spiro atoms. The van der Waals surface area contributed by atoms with E-state index >= 15 is 0 Å². The highest BCUT2D eigenvalue weighted by Gasteiger charge is 2.21. The SMILES string of the molecule is CC(C)(C)n1nc(-c2ccccc2)nc1CCCn1cncn1. The van der Waals surface area contributed by atoms with Crippen LogP contribution in [0.5, 0.6) is 0 Å². The molecular formula is C17H22N6. The lowest BCUT2D eigenvalue weighted by Crippen LogP contribution is -2.25. The minimum atomic E-state index is -0.0946. The second kappa shape index (κ2) is 6.32. The van der Waals surface area contributed by atoms with Gasteiger partial charge in [0.05, 0.1) is 5.54 Å². The fraction of sp³-hybridized carbons (Fsp3) is 0.412. The summed E-state index contributed by atoms with van der Waals surface area (Å²) in [5.74, 6) is 1.80.